The maximum absolute atomic E-state index is 12.6. The minimum Gasteiger partial charge on any atom is -0.476 e. The van der Waals surface area contributed by atoms with Crippen LogP contribution in [0.2, 0.25) is 0 Å². The maximum Gasteiger partial charge on any atom is 0.263 e. The Hall–Kier alpha value is -2.54. The van der Waals surface area contributed by atoms with E-state index in [4.69, 9.17) is 4.74 Å². The lowest BCUT2D eigenvalue weighted by Crippen LogP contribution is -2.51. The van der Waals surface area contributed by atoms with E-state index in [9.17, 15) is 13.2 Å². The monoisotopic (exact) mass is 388 g/mol. The van der Waals surface area contributed by atoms with E-state index in [2.05, 4.69) is 5.32 Å². The van der Waals surface area contributed by atoms with Gasteiger partial charge in [-0.1, -0.05) is 43.3 Å². The van der Waals surface area contributed by atoms with Gasteiger partial charge < -0.3 is 10.1 Å². The first kappa shape index (κ1) is 19.2. The standard InChI is InChI=1S/C20H24N2O4S/c1-14-9-10-18-17(11-14)22(27(3,24)25)13-19(26-18)20(23)21-12-15(2)16-7-5-4-6-8-16/h4-11,15,19H,12-13H2,1-3H3,(H,21,23). The molecule has 0 spiro atoms. The molecule has 0 fully saturated rings. The molecule has 2 aromatic carbocycles. The SMILES string of the molecule is Cc1ccc2c(c1)N(S(C)(=O)=O)CC(C(=O)NCC(C)c1ccccc1)O2. The fourth-order valence-electron chi connectivity index (χ4n) is 3.08. The predicted octanol–water partition coefficient (Wildman–Crippen LogP) is 2.44. The first-order valence-electron chi connectivity index (χ1n) is 8.83. The summed E-state index contributed by atoms with van der Waals surface area (Å²) in [7, 11) is -3.52. The summed E-state index contributed by atoms with van der Waals surface area (Å²) in [6, 6.07) is 15.2. The molecule has 2 unspecified atom stereocenters. The fraction of sp³-hybridized carbons (Fsp3) is 0.350. The molecule has 7 heteroatoms. The molecule has 0 saturated carbocycles. The summed E-state index contributed by atoms with van der Waals surface area (Å²) in [6.07, 6.45) is 0.245. The number of sulfonamides is 1. The number of rotatable bonds is 5. The van der Waals surface area contributed by atoms with Crippen LogP contribution in [0, 0.1) is 6.92 Å². The summed E-state index contributed by atoms with van der Waals surface area (Å²) in [5.74, 6) is 0.214. The summed E-state index contributed by atoms with van der Waals surface area (Å²) >= 11 is 0. The Morgan fingerprint density at radius 3 is 2.63 bits per heavy atom. The highest BCUT2D eigenvalue weighted by atomic mass is 32.2. The molecule has 2 atom stereocenters. The Morgan fingerprint density at radius 2 is 1.96 bits per heavy atom. The van der Waals surface area contributed by atoms with E-state index < -0.39 is 16.1 Å². The summed E-state index contributed by atoms with van der Waals surface area (Å²) < 4.78 is 31.5. The molecule has 1 heterocycles. The topological polar surface area (TPSA) is 75.7 Å². The van der Waals surface area contributed by atoms with Gasteiger partial charge in [-0.05, 0) is 36.1 Å². The van der Waals surface area contributed by atoms with Gasteiger partial charge in [-0.25, -0.2) is 8.42 Å². The van der Waals surface area contributed by atoms with Crippen LogP contribution in [0.15, 0.2) is 48.5 Å². The number of hydrogen-bond acceptors (Lipinski definition) is 4. The maximum atomic E-state index is 12.6. The van der Waals surface area contributed by atoms with Crippen LogP contribution >= 0.6 is 0 Å². The highest BCUT2D eigenvalue weighted by Gasteiger charge is 2.35. The zero-order valence-electron chi connectivity index (χ0n) is 15.7. The molecule has 0 aliphatic carbocycles. The number of hydrogen-bond donors (Lipinski definition) is 1. The van der Waals surface area contributed by atoms with Crippen LogP contribution in [-0.2, 0) is 14.8 Å². The molecule has 1 amide bonds. The number of fused-ring (bicyclic) bond motifs is 1. The number of amides is 1. The van der Waals surface area contributed by atoms with Crippen LogP contribution in [0.5, 0.6) is 5.75 Å². The first-order chi connectivity index (χ1) is 12.8. The average Bonchev–Trinajstić information content (AvgIpc) is 2.64. The molecule has 2 aromatic rings. The third kappa shape index (κ3) is 4.42. The van der Waals surface area contributed by atoms with E-state index in [1.165, 1.54) is 4.31 Å². The van der Waals surface area contributed by atoms with Gasteiger partial charge in [0.25, 0.3) is 5.91 Å². The highest BCUT2D eigenvalue weighted by Crippen LogP contribution is 2.35. The van der Waals surface area contributed by atoms with Gasteiger partial charge >= 0.3 is 0 Å². The van der Waals surface area contributed by atoms with Gasteiger partial charge in [0, 0.05) is 6.54 Å². The largest absolute Gasteiger partial charge is 0.476 e. The van der Waals surface area contributed by atoms with Crippen molar-refractivity contribution in [1.29, 1.82) is 0 Å². The molecule has 6 nitrogen and oxygen atoms in total. The summed E-state index contributed by atoms with van der Waals surface area (Å²) in [5, 5.41) is 2.88. The average molecular weight is 388 g/mol. The first-order valence-corrected chi connectivity index (χ1v) is 10.7. The van der Waals surface area contributed by atoms with Crippen molar-refractivity contribution in [2.45, 2.75) is 25.9 Å². The quantitative estimate of drug-likeness (QED) is 0.854. The lowest BCUT2D eigenvalue weighted by molar-refractivity contribution is -0.127. The molecular weight excluding hydrogens is 364 g/mol. The van der Waals surface area contributed by atoms with Gasteiger partial charge in [-0.2, -0.15) is 0 Å². The van der Waals surface area contributed by atoms with Crippen molar-refractivity contribution >= 4 is 21.6 Å². The van der Waals surface area contributed by atoms with E-state index in [1.54, 1.807) is 12.1 Å². The normalized spacial score (nSPS) is 17.6. The van der Waals surface area contributed by atoms with E-state index in [0.717, 1.165) is 17.4 Å². The molecule has 0 bridgehead atoms. The Morgan fingerprint density at radius 1 is 1.26 bits per heavy atom. The van der Waals surface area contributed by atoms with Crippen molar-refractivity contribution in [3.05, 3.63) is 59.7 Å². The molecule has 0 radical (unpaired) electrons. The number of ether oxygens (including phenoxy) is 1. The highest BCUT2D eigenvalue weighted by molar-refractivity contribution is 7.92. The molecule has 0 aromatic heterocycles. The van der Waals surface area contributed by atoms with E-state index in [1.807, 2.05) is 50.2 Å². The second-order valence-electron chi connectivity index (χ2n) is 6.93. The van der Waals surface area contributed by atoms with Gasteiger partial charge in [0.2, 0.25) is 10.0 Å². The fourth-order valence-corrected chi connectivity index (χ4v) is 3.99. The minimum atomic E-state index is -3.52. The molecule has 1 aliphatic heterocycles. The third-order valence-corrected chi connectivity index (χ3v) is 5.77. The van der Waals surface area contributed by atoms with Crippen molar-refractivity contribution in [1.82, 2.24) is 5.32 Å². The Kier molecular flexibility index (Phi) is 5.41. The molecular formula is C20H24N2O4S. The molecule has 27 heavy (non-hydrogen) atoms. The van der Waals surface area contributed by atoms with Crippen LogP contribution in [0.3, 0.4) is 0 Å². The van der Waals surface area contributed by atoms with Crippen LogP contribution in [0.4, 0.5) is 5.69 Å². The second kappa shape index (κ2) is 7.60. The molecule has 1 N–H and O–H groups in total. The van der Waals surface area contributed by atoms with Crippen molar-refractivity contribution in [3.63, 3.8) is 0 Å². The Balaban J connectivity index is 1.73. The number of anilines is 1. The van der Waals surface area contributed by atoms with Crippen LogP contribution in [0.1, 0.15) is 24.0 Å². The van der Waals surface area contributed by atoms with Crippen molar-refractivity contribution < 1.29 is 17.9 Å². The zero-order chi connectivity index (χ0) is 19.6. The lowest BCUT2D eigenvalue weighted by Gasteiger charge is -2.34. The van der Waals surface area contributed by atoms with Crippen LogP contribution in [0.25, 0.3) is 0 Å². The molecule has 144 valence electrons. The summed E-state index contributed by atoms with van der Waals surface area (Å²) in [4.78, 5) is 12.6. The minimum absolute atomic E-state index is 0.0408. The van der Waals surface area contributed by atoms with Gasteiger partial charge in [0.05, 0.1) is 18.5 Å². The van der Waals surface area contributed by atoms with Crippen molar-refractivity contribution in [2.75, 3.05) is 23.7 Å². The van der Waals surface area contributed by atoms with Gasteiger partial charge in [0.15, 0.2) is 6.10 Å². The number of benzene rings is 2. The van der Waals surface area contributed by atoms with E-state index in [0.29, 0.717) is 18.0 Å². The van der Waals surface area contributed by atoms with Crippen molar-refractivity contribution in [3.8, 4) is 5.75 Å². The zero-order valence-corrected chi connectivity index (χ0v) is 16.5. The second-order valence-corrected chi connectivity index (χ2v) is 8.84. The van der Waals surface area contributed by atoms with E-state index in [-0.39, 0.29) is 18.4 Å². The summed E-state index contributed by atoms with van der Waals surface area (Å²) in [5.41, 5.74) is 2.52. The molecule has 1 aliphatic rings. The Bertz CT molecular complexity index is 928. The van der Waals surface area contributed by atoms with Gasteiger partial charge in [-0.15, -0.1) is 0 Å². The predicted molar refractivity (Wildman–Crippen MR) is 106 cm³/mol. The van der Waals surface area contributed by atoms with Crippen LogP contribution < -0.4 is 14.4 Å². The summed E-state index contributed by atoms with van der Waals surface area (Å²) in [6.45, 7) is 4.31. The number of carbonyl (C=O) groups is 1. The smallest absolute Gasteiger partial charge is 0.263 e. The van der Waals surface area contributed by atoms with Gasteiger partial charge in [-0.3, -0.25) is 9.10 Å². The third-order valence-electron chi connectivity index (χ3n) is 4.63. The number of nitrogens with zero attached hydrogens (tertiary/aromatic N) is 1. The van der Waals surface area contributed by atoms with E-state index >= 15 is 0 Å². The lowest BCUT2D eigenvalue weighted by atomic mass is 10.0. The number of nitrogens with one attached hydrogen (secondary N) is 1. The van der Waals surface area contributed by atoms with Crippen molar-refractivity contribution in [2.24, 2.45) is 0 Å². The number of carbonyl (C=O) groups excluding carboxylic acids is 1. The van der Waals surface area contributed by atoms with Crippen LogP contribution in [-0.4, -0.2) is 39.8 Å². The van der Waals surface area contributed by atoms with Gasteiger partial charge in [0.1, 0.15) is 5.75 Å². The Labute approximate surface area is 160 Å². The molecule has 3 rings (SSSR count). The molecule has 0 saturated heterocycles. The number of aryl methyl sites for hydroxylation is 1.